The molecule has 1 fully saturated rings. The van der Waals surface area contributed by atoms with Gasteiger partial charge in [-0.2, -0.15) is 0 Å². The van der Waals surface area contributed by atoms with Gasteiger partial charge in [-0.15, -0.1) is 0 Å². The molecule has 0 amide bonds. The van der Waals surface area contributed by atoms with Gasteiger partial charge in [-0.3, -0.25) is 15.7 Å². The lowest BCUT2D eigenvalue weighted by Gasteiger charge is -2.38. The summed E-state index contributed by atoms with van der Waals surface area (Å²) in [5.41, 5.74) is 3.61. The number of morpholine rings is 1. The lowest BCUT2D eigenvalue weighted by atomic mass is 10.0. The minimum atomic E-state index is -0.187. The van der Waals surface area contributed by atoms with E-state index in [9.17, 15) is 0 Å². The van der Waals surface area contributed by atoms with Gasteiger partial charge < -0.3 is 9.47 Å². The standard InChI is InChI=1S/C14H24N4O2/c1-10(2)18-7-8-20-12(9-18)14(17-15)13-11(19-3)5-4-6-16-13/h4-6,10,12,14,17H,7-9,15H2,1-3H3. The molecule has 0 aliphatic carbocycles. The number of methoxy groups -OCH3 is 1. The predicted octanol–water partition coefficient (Wildman–Crippen LogP) is 0.704. The van der Waals surface area contributed by atoms with E-state index in [1.54, 1.807) is 13.3 Å². The number of nitrogens with one attached hydrogen (secondary N) is 1. The van der Waals surface area contributed by atoms with Crippen molar-refractivity contribution in [3.05, 3.63) is 24.0 Å². The molecule has 0 radical (unpaired) electrons. The fourth-order valence-corrected chi connectivity index (χ4v) is 2.54. The normalized spacial score (nSPS) is 21.9. The van der Waals surface area contributed by atoms with E-state index < -0.39 is 0 Å². The second-order valence-corrected chi connectivity index (χ2v) is 5.23. The van der Waals surface area contributed by atoms with Crippen LogP contribution in [-0.4, -0.2) is 48.8 Å². The van der Waals surface area contributed by atoms with Crippen molar-refractivity contribution >= 4 is 0 Å². The molecular formula is C14H24N4O2. The Labute approximate surface area is 120 Å². The van der Waals surface area contributed by atoms with Gasteiger partial charge in [-0.25, -0.2) is 5.43 Å². The van der Waals surface area contributed by atoms with Gasteiger partial charge in [0.15, 0.2) is 0 Å². The Balaban J connectivity index is 2.19. The monoisotopic (exact) mass is 280 g/mol. The van der Waals surface area contributed by atoms with E-state index in [0.717, 1.165) is 24.5 Å². The van der Waals surface area contributed by atoms with Crippen molar-refractivity contribution in [2.75, 3.05) is 26.8 Å². The van der Waals surface area contributed by atoms with Crippen molar-refractivity contribution in [3.63, 3.8) is 0 Å². The van der Waals surface area contributed by atoms with Crippen LogP contribution in [0.3, 0.4) is 0 Å². The number of aromatic nitrogens is 1. The minimum absolute atomic E-state index is 0.0417. The van der Waals surface area contributed by atoms with Crippen molar-refractivity contribution < 1.29 is 9.47 Å². The summed E-state index contributed by atoms with van der Waals surface area (Å²) < 4.78 is 11.3. The van der Waals surface area contributed by atoms with E-state index >= 15 is 0 Å². The van der Waals surface area contributed by atoms with Gasteiger partial charge in [-0.1, -0.05) is 0 Å². The molecule has 0 saturated carbocycles. The van der Waals surface area contributed by atoms with Crippen molar-refractivity contribution in [1.29, 1.82) is 0 Å². The summed E-state index contributed by atoms with van der Waals surface area (Å²) in [5, 5.41) is 0. The number of hydrazine groups is 1. The third-order valence-electron chi connectivity index (χ3n) is 3.72. The molecule has 2 rings (SSSR count). The Morgan fingerprint density at radius 2 is 2.35 bits per heavy atom. The smallest absolute Gasteiger partial charge is 0.142 e. The zero-order valence-electron chi connectivity index (χ0n) is 12.4. The summed E-state index contributed by atoms with van der Waals surface area (Å²) in [7, 11) is 1.64. The van der Waals surface area contributed by atoms with Crippen molar-refractivity contribution in [1.82, 2.24) is 15.3 Å². The number of rotatable bonds is 5. The topological polar surface area (TPSA) is 72.6 Å². The van der Waals surface area contributed by atoms with Gasteiger partial charge in [0.1, 0.15) is 11.4 Å². The van der Waals surface area contributed by atoms with E-state index in [-0.39, 0.29) is 12.1 Å². The van der Waals surface area contributed by atoms with E-state index in [0.29, 0.717) is 12.6 Å². The molecule has 3 N–H and O–H groups in total. The SMILES string of the molecule is COc1cccnc1C(NN)C1CN(C(C)C)CCO1. The van der Waals surface area contributed by atoms with Crippen LogP contribution in [0.2, 0.25) is 0 Å². The molecule has 112 valence electrons. The van der Waals surface area contributed by atoms with Gasteiger partial charge in [0.05, 0.1) is 25.9 Å². The number of hydrogen-bond donors (Lipinski definition) is 2. The van der Waals surface area contributed by atoms with Crippen LogP contribution in [0.5, 0.6) is 5.75 Å². The molecule has 1 aliphatic rings. The molecule has 0 spiro atoms. The third kappa shape index (κ3) is 3.27. The number of nitrogens with zero attached hydrogens (tertiary/aromatic N) is 2. The number of ether oxygens (including phenoxy) is 2. The number of pyridine rings is 1. The summed E-state index contributed by atoms with van der Waals surface area (Å²) in [5.74, 6) is 6.46. The molecule has 1 saturated heterocycles. The number of hydrogen-bond acceptors (Lipinski definition) is 6. The van der Waals surface area contributed by atoms with Crippen molar-refractivity contribution in [3.8, 4) is 5.75 Å². The first kappa shape index (κ1) is 15.2. The first-order chi connectivity index (χ1) is 9.67. The van der Waals surface area contributed by atoms with Crippen LogP contribution in [-0.2, 0) is 4.74 Å². The second kappa shape index (κ2) is 6.99. The third-order valence-corrected chi connectivity index (χ3v) is 3.72. The quantitative estimate of drug-likeness (QED) is 0.611. The van der Waals surface area contributed by atoms with Crippen LogP contribution in [0, 0.1) is 0 Å². The van der Waals surface area contributed by atoms with Crippen LogP contribution < -0.4 is 16.0 Å². The molecule has 6 nitrogen and oxygen atoms in total. The highest BCUT2D eigenvalue weighted by Gasteiger charge is 2.32. The Morgan fingerprint density at radius 1 is 1.55 bits per heavy atom. The maximum atomic E-state index is 5.89. The molecule has 1 aromatic rings. The molecule has 2 atom stereocenters. The Bertz CT molecular complexity index is 427. The highest BCUT2D eigenvalue weighted by Crippen LogP contribution is 2.27. The Morgan fingerprint density at radius 3 is 3.00 bits per heavy atom. The summed E-state index contributed by atoms with van der Waals surface area (Å²) in [6.07, 6.45) is 1.70. The van der Waals surface area contributed by atoms with E-state index in [2.05, 4.69) is 29.2 Å². The van der Waals surface area contributed by atoms with Gasteiger partial charge in [-0.05, 0) is 26.0 Å². The molecule has 2 heterocycles. The van der Waals surface area contributed by atoms with Crippen LogP contribution in [0.25, 0.3) is 0 Å². The zero-order valence-corrected chi connectivity index (χ0v) is 12.4. The second-order valence-electron chi connectivity index (χ2n) is 5.23. The highest BCUT2D eigenvalue weighted by atomic mass is 16.5. The largest absolute Gasteiger partial charge is 0.495 e. The van der Waals surface area contributed by atoms with Gasteiger partial charge in [0, 0.05) is 25.3 Å². The van der Waals surface area contributed by atoms with E-state index in [1.807, 2.05) is 12.1 Å². The highest BCUT2D eigenvalue weighted by molar-refractivity contribution is 5.30. The minimum Gasteiger partial charge on any atom is -0.495 e. The molecule has 0 aromatic carbocycles. The summed E-state index contributed by atoms with van der Waals surface area (Å²) in [6.45, 7) is 6.86. The fourth-order valence-electron chi connectivity index (χ4n) is 2.54. The molecule has 6 heteroatoms. The summed E-state index contributed by atoms with van der Waals surface area (Å²) in [4.78, 5) is 6.78. The first-order valence-corrected chi connectivity index (χ1v) is 6.98. The average molecular weight is 280 g/mol. The summed E-state index contributed by atoms with van der Waals surface area (Å²) in [6, 6.07) is 4.03. The molecule has 1 aliphatic heterocycles. The molecular weight excluding hydrogens is 256 g/mol. The Hall–Kier alpha value is -1.21. The maximum absolute atomic E-state index is 5.89. The average Bonchev–Trinajstić information content (AvgIpc) is 2.49. The number of nitrogens with two attached hydrogens (primary N) is 1. The van der Waals surface area contributed by atoms with Crippen LogP contribution in [0.15, 0.2) is 18.3 Å². The predicted molar refractivity (Wildman–Crippen MR) is 77.3 cm³/mol. The fraction of sp³-hybridized carbons (Fsp3) is 0.643. The van der Waals surface area contributed by atoms with Crippen LogP contribution >= 0.6 is 0 Å². The first-order valence-electron chi connectivity index (χ1n) is 6.98. The van der Waals surface area contributed by atoms with Crippen molar-refractivity contribution in [2.45, 2.75) is 32.0 Å². The maximum Gasteiger partial charge on any atom is 0.142 e. The lowest BCUT2D eigenvalue weighted by Crippen LogP contribution is -2.51. The Kier molecular flexibility index (Phi) is 5.31. The van der Waals surface area contributed by atoms with Crippen LogP contribution in [0.1, 0.15) is 25.6 Å². The van der Waals surface area contributed by atoms with Gasteiger partial charge in [0.2, 0.25) is 0 Å². The van der Waals surface area contributed by atoms with Crippen molar-refractivity contribution in [2.24, 2.45) is 5.84 Å². The molecule has 1 aromatic heterocycles. The van der Waals surface area contributed by atoms with Crippen LogP contribution in [0.4, 0.5) is 0 Å². The van der Waals surface area contributed by atoms with E-state index in [1.165, 1.54) is 0 Å². The van der Waals surface area contributed by atoms with E-state index in [4.69, 9.17) is 15.3 Å². The lowest BCUT2D eigenvalue weighted by molar-refractivity contribution is -0.0570. The van der Waals surface area contributed by atoms with Gasteiger partial charge in [0.25, 0.3) is 0 Å². The molecule has 0 bridgehead atoms. The molecule has 2 unspecified atom stereocenters. The van der Waals surface area contributed by atoms with Gasteiger partial charge >= 0.3 is 0 Å². The zero-order chi connectivity index (χ0) is 14.5. The summed E-state index contributed by atoms with van der Waals surface area (Å²) >= 11 is 0. The molecule has 20 heavy (non-hydrogen) atoms.